The topological polar surface area (TPSA) is 66.4 Å². The van der Waals surface area contributed by atoms with Crippen molar-refractivity contribution in [3.63, 3.8) is 0 Å². The Kier molecular flexibility index (Phi) is 5.81. The fourth-order valence-electron chi connectivity index (χ4n) is 2.29. The highest BCUT2D eigenvalue weighted by Crippen LogP contribution is 2.17. The van der Waals surface area contributed by atoms with Crippen LogP contribution in [-0.4, -0.2) is 29.5 Å². The predicted molar refractivity (Wildman–Crippen MR) is 74.5 cm³/mol. The summed E-state index contributed by atoms with van der Waals surface area (Å²) in [5, 5.41) is 11.0. The van der Waals surface area contributed by atoms with Gasteiger partial charge in [0.2, 0.25) is 12.3 Å². The number of hydrogen-bond donors (Lipinski definition) is 2. The molecule has 1 rings (SSSR count). The number of carboxylic acids is 1. The standard InChI is InChI=1S/C15H19F2NO3/c1-8-4-9(2)11(10(3)5-8)6-14(19)18-12(15(20)21)7-13(16)17/h4-5,12-13H,6-7H2,1-3H3,(H,18,19)(H,20,21). The van der Waals surface area contributed by atoms with Crippen molar-refractivity contribution in [2.75, 3.05) is 0 Å². The lowest BCUT2D eigenvalue weighted by molar-refractivity contribution is -0.142. The van der Waals surface area contributed by atoms with Crippen molar-refractivity contribution in [3.05, 3.63) is 34.4 Å². The molecule has 0 radical (unpaired) electrons. The monoisotopic (exact) mass is 299 g/mol. The molecule has 1 unspecified atom stereocenters. The molecular formula is C15H19F2NO3. The average Bonchev–Trinajstić information content (AvgIpc) is 2.32. The number of amides is 1. The predicted octanol–water partition coefficient (Wildman–Crippen LogP) is 2.38. The van der Waals surface area contributed by atoms with Crippen molar-refractivity contribution < 1.29 is 23.5 Å². The van der Waals surface area contributed by atoms with E-state index in [4.69, 9.17) is 5.11 Å². The number of carbonyl (C=O) groups excluding carboxylic acids is 1. The lowest BCUT2D eigenvalue weighted by Crippen LogP contribution is -2.42. The summed E-state index contributed by atoms with van der Waals surface area (Å²) in [7, 11) is 0. The minimum Gasteiger partial charge on any atom is -0.480 e. The van der Waals surface area contributed by atoms with Crippen LogP contribution < -0.4 is 5.32 Å². The average molecular weight is 299 g/mol. The second-order valence-corrected chi connectivity index (χ2v) is 5.14. The molecule has 1 aromatic carbocycles. The number of aryl methyl sites for hydroxylation is 3. The van der Waals surface area contributed by atoms with Gasteiger partial charge < -0.3 is 10.4 Å². The fraction of sp³-hybridized carbons (Fsp3) is 0.467. The number of halogens is 2. The fourth-order valence-corrected chi connectivity index (χ4v) is 2.29. The maximum Gasteiger partial charge on any atom is 0.326 e. The first-order valence-corrected chi connectivity index (χ1v) is 6.57. The van der Waals surface area contributed by atoms with Gasteiger partial charge in [0.1, 0.15) is 6.04 Å². The molecule has 0 heterocycles. The summed E-state index contributed by atoms with van der Waals surface area (Å²) < 4.78 is 24.6. The van der Waals surface area contributed by atoms with Crippen LogP contribution in [-0.2, 0) is 16.0 Å². The lowest BCUT2D eigenvalue weighted by Gasteiger charge is -2.16. The second kappa shape index (κ2) is 7.15. The minimum absolute atomic E-state index is 0.0229. The van der Waals surface area contributed by atoms with Gasteiger partial charge in [-0.2, -0.15) is 0 Å². The Morgan fingerprint density at radius 1 is 1.19 bits per heavy atom. The molecule has 116 valence electrons. The summed E-state index contributed by atoms with van der Waals surface area (Å²) in [6, 6.07) is 2.27. The van der Waals surface area contributed by atoms with Crippen LogP contribution in [0.2, 0.25) is 0 Å². The van der Waals surface area contributed by atoms with Gasteiger partial charge in [-0.05, 0) is 37.5 Å². The van der Waals surface area contributed by atoms with E-state index in [1.807, 2.05) is 32.9 Å². The second-order valence-electron chi connectivity index (χ2n) is 5.14. The normalized spacial score (nSPS) is 12.3. The maximum atomic E-state index is 12.3. The number of rotatable bonds is 6. The van der Waals surface area contributed by atoms with Crippen molar-refractivity contribution in [1.82, 2.24) is 5.32 Å². The van der Waals surface area contributed by atoms with Crippen molar-refractivity contribution >= 4 is 11.9 Å². The number of carbonyl (C=O) groups is 2. The molecular weight excluding hydrogens is 280 g/mol. The van der Waals surface area contributed by atoms with Gasteiger partial charge in [-0.3, -0.25) is 4.79 Å². The maximum absolute atomic E-state index is 12.3. The molecule has 0 saturated heterocycles. The summed E-state index contributed by atoms with van der Waals surface area (Å²) in [4.78, 5) is 22.7. The van der Waals surface area contributed by atoms with E-state index in [9.17, 15) is 18.4 Å². The molecule has 0 saturated carbocycles. The molecule has 6 heteroatoms. The van der Waals surface area contributed by atoms with E-state index in [0.29, 0.717) is 0 Å². The van der Waals surface area contributed by atoms with Crippen LogP contribution in [0.4, 0.5) is 8.78 Å². The molecule has 0 aliphatic carbocycles. The van der Waals surface area contributed by atoms with Crippen LogP contribution in [0.5, 0.6) is 0 Å². The number of hydrogen-bond acceptors (Lipinski definition) is 2. The van der Waals surface area contributed by atoms with Crippen LogP contribution >= 0.6 is 0 Å². The number of aliphatic carboxylic acids is 1. The highest BCUT2D eigenvalue weighted by atomic mass is 19.3. The highest BCUT2D eigenvalue weighted by molar-refractivity contribution is 5.85. The smallest absolute Gasteiger partial charge is 0.326 e. The van der Waals surface area contributed by atoms with E-state index in [1.165, 1.54) is 0 Å². The molecule has 0 bridgehead atoms. The summed E-state index contributed by atoms with van der Waals surface area (Å²) in [5.74, 6) is -2.03. The quantitative estimate of drug-likeness (QED) is 0.847. The highest BCUT2D eigenvalue weighted by Gasteiger charge is 2.24. The molecule has 0 aliphatic rings. The first kappa shape index (κ1) is 17.1. The van der Waals surface area contributed by atoms with Gasteiger partial charge in [-0.15, -0.1) is 0 Å². The Morgan fingerprint density at radius 3 is 2.14 bits per heavy atom. The summed E-state index contributed by atoms with van der Waals surface area (Å²) in [6.45, 7) is 5.65. The van der Waals surface area contributed by atoms with Crippen molar-refractivity contribution in [3.8, 4) is 0 Å². The van der Waals surface area contributed by atoms with Crippen molar-refractivity contribution in [2.45, 2.75) is 46.1 Å². The lowest BCUT2D eigenvalue weighted by atomic mass is 9.97. The summed E-state index contributed by atoms with van der Waals surface area (Å²) in [5.41, 5.74) is 3.70. The van der Waals surface area contributed by atoms with E-state index in [1.54, 1.807) is 0 Å². The van der Waals surface area contributed by atoms with Gasteiger partial charge >= 0.3 is 5.97 Å². The Labute approximate surface area is 122 Å². The molecule has 4 nitrogen and oxygen atoms in total. The zero-order valence-corrected chi connectivity index (χ0v) is 12.2. The molecule has 2 N–H and O–H groups in total. The van der Waals surface area contributed by atoms with Crippen molar-refractivity contribution in [2.24, 2.45) is 0 Å². The van der Waals surface area contributed by atoms with E-state index in [2.05, 4.69) is 5.32 Å². The Bertz CT molecular complexity index is 521. The van der Waals surface area contributed by atoms with Crippen molar-refractivity contribution in [1.29, 1.82) is 0 Å². The van der Waals surface area contributed by atoms with E-state index >= 15 is 0 Å². The first-order valence-electron chi connectivity index (χ1n) is 6.57. The molecule has 0 fully saturated rings. The molecule has 21 heavy (non-hydrogen) atoms. The molecule has 0 spiro atoms. The molecule has 0 aromatic heterocycles. The van der Waals surface area contributed by atoms with Gasteiger partial charge in [-0.25, -0.2) is 13.6 Å². The van der Waals surface area contributed by atoms with Crippen LogP contribution in [0, 0.1) is 20.8 Å². The van der Waals surface area contributed by atoms with E-state index < -0.39 is 30.8 Å². The SMILES string of the molecule is Cc1cc(C)c(CC(=O)NC(CC(F)F)C(=O)O)c(C)c1. The Balaban J connectivity index is 2.79. The summed E-state index contributed by atoms with van der Waals surface area (Å²) >= 11 is 0. The zero-order chi connectivity index (χ0) is 16.2. The molecule has 0 aliphatic heterocycles. The van der Waals surface area contributed by atoms with Crippen LogP contribution in [0.1, 0.15) is 28.7 Å². The van der Waals surface area contributed by atoms with Crippen LogP contribution in [0.15, 0.2) is 12.1 Å². The van der Waals surface area contributed by atoms with Gasteiger partial charge in [0.15, 0.2) is 0 Å². The third-order valence-corrected chi connectivity index (χ3v) is 3.22. The third kappa shape index (κ3) is 5.13. The number of carboxylic acid groups (broad SMARTS) is 1. The largest absolute Gasteiger partial charge is 0.480 e. The van der Waals surface area contributed by atoms with Gasteiger partial charge in [0, 0.05) is 6.42 Å². The van der Waals surface area contributed by atoms with E-state index in [0.717, 1.165) is 22.3 Å². The number of benzene rings is 1. The zero-order valence-electron chi connectivity index (χ0n) is 12.2. The summed E-state index contributed by atoms with van der Waals surface area (Å²) in [6.07, 6.45) is -3.70. The number of alkyl halides is 2. The molecule has 1 aromatic rings. The van der Waals surface area contributed by atoms with E-state index in [-0.39, 0.29) is 6.42 Å². The van der Waals surface area contributed by atoms with Gasteiger partial charge in [-0.1, -0.05) is 17.7 Å². The van der Waals surface area contributed by atoms with Crippen LogP contribution in [0.25, 0.3) is 0 Å². The van der Waals surface area contributed by atoms with Crippen LogP contribution in [0.3, 0.4) is 0 Å². The minimum atomic E-state index is -2.78. The Morgan fingerprint density at radius 2 is 1.71 bits per heavy atom. The molecule has 1 atom stereocenters. The van der Waals surface area contributed by atoms with Gasteiger partial charge in [0.25, 0.3) is 0 Å². The Hall–Kier alpha value is -1.98. The first-order chi connectivity index (χ1) is 9.70. The molecule has 1 amide bonds. The number of nitrogens with one attached hydrogen (secondary N) is 1. The third-order valence-electron chi connectivity index (χ3n) is 3.22. The van der Waals surface area contributed by atoms with Gasteiger partial charge in [0.05, 0.1) is 6.42 Å².